The van der Waals surface area contributed by atoms with E-state index in [0.717, 1.165) is 23.7 Å². The van der Waals surface area contributed by atoms with Crippen LogP contribution in [0.2, 0.25) is 5.02 Å². The Labute approximate surface area is 156 Å². The molecule has 0 aliphatic rings. The van der Waals surface area contributed by atoms with Gasteiger partial charge in [0.25, 0.3) is 5.91 Å². The summed E-state index contributed by atoms with van der Waals surface area (Å²) in [6, 6.07) is 11.3. The van der Waals surface area contributed by atoms with E-state index in [2.05, 4.69) is 5.32 Å². The fourth-order valence-electron chi connectivity index (χ4n) is 2.27. The maximum absolute atomic E-state index is 13.1. The third-order valence-electron chi connectivity index (χ3n) is 3.73. The molecule has 0 spiro atoms. The van der Waals surface area contributed by atoms with Crippen LogP contribution in [0.15, 0.2) is 42.5 Å². The van der Waals surface area contributed by atoms with Crippen LogP contribution in [0.4, 0.5) is 10.1 Å². The Kier molecular flexibility index (Phi) is 6.97. The number of para-hydroxylation sites is 1. The van der Waals surface area contributed by atoms with Crippen LogP contribution in [-0.2, 0) is 16.0 Å². The summed E-state index contributed by atoms with van der Waals surface area (Å²) in [5.41, 5.74) is 1.75. The molecule has 0 atom stereocenters. The summed E-state index contributed by atoms with van der Waals surface area (Å²) < 4.78 is 18.4. The van der Waals surface area contributed by atoms with E-state index in [9.17, 15) is 14.0 Å². The third kappa shape index (κ3) is 5.46. The molecule has 0 aliphatic carbocycles. The Bertz CT molecular complexity index is 798. The summed E-state index contributed by atoms with van der Waals surface area (Å²) in [5, 5.41) is 2.72. The number of benzene rings is 2. The summed E-state index contributed by atoms with van der Waals surface area (Å²) in [5.74, 6) is -0.970. The van der Waals surface area contributed by atoms with Crippen LogP contribution >= 0.6 is 11.6 Å². The van der Waals surface area contributed by atoms with Gasteiger partial charge in [-0.3, -0.25) is 9.59 Å². The highest BCUT2D eigenvalue weighted by molar-refractivity contribution is 6.30. The molecular formula is C19H20ClFN2O3. The average Bonchev–Trinajstić information content (AvgIpc) is 2.62. The lowest BCUT2D eigenvalue weighted by Gasteiger charge is -2.18. The molecule has 0 aromatic heterocycles. The van der Waals surface area contributed by atoms with Gasteiger partial charge >= 0.3 is 0 Å². The number of anilines is 1. The van der Waals surface area contributed by atoms with E-state index in [1.807, 2.05) is 31.2 Å². The van der Waals surface area contributed by atoms with Crippen molar-refractivity contribution in [1.82, 2.24) is 4.90 Å². The number of amides is 2. The molecule has 0 radical (unpaired) electrons. The molecule has 0 bridgehead atoms. The molecule has 0 saturated heterocycles. The highest BCUT2D eigenvalue weighted by Crippen LogP contribution is 2.21. The number of ether oxygens (including phenoxy) is 1. The zero-order valence-electron chi connectivity index (χ0n) is 14.6. The largest absolute Gasteiger partial charge is 0.484 e. The predicted octanol–water partition coefficient (Wildman–Crippen LogP) is 3.52. The second-order valence-electron chi connectivity index (χ2n) is 5.67. The van der Waals surface area contributed by atoms with Crippen molar-refractivity contribution in [2.75, 3.05) is 25.5 Å². The molecule has 0 aliphatic heterocycles. The van der Waals surface area contributed by atoms with Crippen LogP contribution in [-0.4, -0.2) is 36.9 Å². The van der Waals surface area contributed by atoms with Crippen LogP contribution < -0.4 is 10.1 Å². The van der Waals surface area contributed by atoms with Crippen molar-refractivity contribution in [1.29, 1.82) is 0 Å². The van der Waals surface area contributed by atoms with Crippen molar-refractivity contribution in [2.45, 2.75) is 13.3 Å². The van der Waals surface area contributed by atoms with Gasteiger partial charge in [0.2, 0.25) is 5.91 Å². The molecule has 7 heteroatoms. The van der Waals surface area contributed by atoms with E-state index in [4.69, 9.17) is 16.3 Å². The Morgan fingerprint density at radius 1 is 1.23 bits per heavy atom. The van der Waals surface area contributed by atoms with Gasteiger partial charge in [-0.2, -0.15) is 0 Å². The summed E-state index contributed by atoms with van der Waals surface area (Å²) in [6.45, 7) is 1.61. The van der Waals surface area contributed by atoms with Gasteiger partial charge in [-0.15, -0.1) is 0 Å². The molecule has 0 fully saturated rings. The number of aryl methyl sites for hydroxylation is 1. The zero-order valence-corrected chi connectivity index (χ0v) is 15.3. The Morgan fingerprint density at radius 3 is 2.65 bits per heavy atom. The van der Waals surface area contributed by atoms with Gasteiger partial charge in [0.1, 0.15) is 11.6 Å². The molecule has 2 amide bonds. The van der Waals surface area contributed by atoms with Crippen LogP contribution in [0.3, 0.4) is 0 Å². The number of halogens is 2. The molecule has 2 rings (SSSR count). The molecule has 2 aromatic carbocycles. The number of likely N-dealkylation sites (N-methyl/N-ethyl adjacent to an activating group) is 1. The maximum atomic E-state index is 13.1. The fourth-order valence-corrected chi connectivity index (χ4v) is 2.44. The first-order chi connectivity index (χ1) is 12.4. The minimum absolute atomic E-state index is 0.0859. The van der Waals surface area contributed by atoms with Gasteiger partial charge < -0.3 is 15.0 Å². The lowest BCUT2D eigenvalue weighted by molar-refractivity contribution is -0.135. The molecule has 26 heavy (non-hydrogen) atoms. The second kappa shape index (κ2) is 9.20. The monoisotopic (exact) mass is 378 g/mol. The first kappa shape index (κ1) is 19.7. The van der Waals surface area contributed by atoms with E-state index < -0.39 is 5.82 Å². The van der Waals surface area contributed by atoms with Crippen molar-refractivity contribution in [3.8, 4) is 5.75 Å². The van der Waals surface area contributed by atoms with Crippen molar-refractivity contribution >= 4 is 29.1 Å². The molecule has 2 aromatic rings. The van der Waals surface area contributed by atoms with E-state index >= 15 is 0 Å². The highest BCUT2D eigenvalue weighted by Gasteiger charge is 2.15. The first-order valence-electron chi connectivity index (χ1n) is 8.10. The number of nitrogens with zero attached hydrogens (tertiary/aromatic N) is 1. The number of carbonyl (C=O) groups is 2. The molecule has 5 nitrogen and oxygen atoms in total. The normalized spacial score (nSPS) is 10.3. The van der Waals surface area contributed by atoms with Crippen molar-refractivity contribution in [2.24, 2.45) is 0 Å². The maximum Gasteiger partial charge on any atom is 0.260 e. The molecular weight excluding hydrogens is 359 g/mol. The molecule has 0 unspecified atom stereocenters. The Balaban J connectivity index is 1.85. The van der Waals surface area contributed by atoms with Gasteiger partial charge in [0.15, 0.2) is 6.61 Å². The minimum atomic E-state index is -0.563. The molecule has 0 heterocycles. The first-order valence-corrected chi connectivity index (χ1v) is 8.48. The number of hydrogen-bond acceptors (Lipinski definition) is 3. The quantitative estimate of drug-likeness (QED) is 0.802. The third-order valence-corrected chi connectivity index (χ3v) is 4.02. The van der Waals surface area contributed by atoms with Crippen molar-refractivity contribution < 1.29 is 18.7 Å². The van der Waals surface area contributed by atoms with Gasteiger partial charge in [-0.05, 0) is 30.2 Å². The number of nitrogens with one attached hydrogen (secondary N) is 1. The van der Waals surface area contributed by atoms with Gasteiger partial charge in [0, 0.05) is 18.8 Å². The van der Waals surface area contributed by atoms with Gasteiger partial charge in [0.05, 0.1) is 11.6 Å². The number of carbonyl (C=O) groups excluding carboxylic acids is 2. The lowest BCUT2D eigenvalue weighted by Crippen LogP contribution is -2.37. The van der Waals surface area contributed by atoms with E-state index in [0.29, 0.717) is 0 Å². The van der Waals surface area contributed by atoms with Crippen molar-refractivity contribution in [3.63, 3.8) is 0 Å². The van der Waals surface area contributed by atoms with Crippen LogP contribution in [0.5, 0.6) is 5.75 Å². The van der Waals surface area contributed by atoms with E-state index in [-0.39, 0.29) is 35.7 Å². The number of rotatable bonds is 7. The highest BCUT2D eigenvalue weighted by atomic mass is 35.5. The SMILES string of the molecule is CCc1ccccc1NC(=O)CN(C)C(=O)COc1ccc(F)c(Cl)c1. The van der Waals surface area contributed by atoms with Crippen LogP contribution in [0.25, 0.3) is 0 Å². The van der Waals surface area contributed by atoms with Gasteiger partial charge in [-0.1, -0.05) is 36.7 Å². The topological polar surface area (TPSA) is 58.6 Å². The predicted molar refractivity (Wildman–Crippen MR) is 99.0 cm³/mol. The average molecular weight is 379 g/mol. The van der Waals surface area contributed by atoms with Crippen LogP contribution in [0.1, 0.15) is 12.5 Å². The smallest absolute Gasteiger partial charge is 0.260 e. The van der Waals surface area contributed by atoms with E-state index in [1.165, 1.54) is 24.1 Å². The lowest BCUT2D eigenvalue weighted by atomic mass is 10.1. The fraction of sp³-hybridized carbons (Fsp3) is 0.263. The van der Waals surface area contributed by atoms with E-state index in [1.54, 1.807) is 0 Å². The molecule has 1 N–H and O–H groups in total. The second-order valence-corrected chi connectivity index (χ2v) is 6.08. The standard InChI is InChI=1S/C19H20ClFN2O3/c1-3-13-6-4-5-7-17(13)22-18(24)11-23(2)19(25)12-26-14-8-9-16(21)15(20)10-14/h4-10H,3,11-12H2,1-2H3,(H,22,24). The molecule has 0 saturated carbocycles. The van der Waals surface area contributed by atoms with Crippen LogP contribution in [0, 0.1) is 5.82 Å². The summed E-state index contributed by atoms with van der Waals surface area (Å²) in [4.78, 5) is 25.5. The summed E-state index contributed by atoms with van der Waals surface area (Å²) >= 11 is 5.66. The van der Waals surface area contributed by atoms with Gasteiger partial charge in [-0.25, -0.2) is 4.39 Å². The Morgan fingerprint density at radius 2 is 1.96 bits per heavy atom. The Hall–Kier alpha value is -2.60. The number of hydrogen-bond donors (Lipinski definition) is 1. The minimum Gasteiger partial charge on any atom is -0.484 e. The summed E-state index contributed by atoms with van der Waals surface area (Å²) in [6.07, 6.45) is 0.791. The van der Waals surface area contributed by atoms with Crippen molar-refractivity contribution in [3.05, 3.63) is 58.9 Å². The summed E-state index contributed by atoms with van der Waals surface area (Å²) in [7, 11) is 1.51. The molecule has 138 valence electrons. The zero-order chi connectivity index (χ0) is 19.1.